The molecule has 1 aliphatic carbocycles. The molecule has 4 nitrogen and oxygen atoms in total. The second kappa shape index (κ2) is 4.44. The summed E-state index contributed by atoms with van der Waals surface area (Å²) < 4.78 is 1.87. The molecule has 0 bridgehead atoms. The van der Waals surface area contributed by atoms with Crippen molar-refractivity contribution in [2.45, 2.75) is 32.2 Å². The molecule has 0 atom stereocenters. The van der Waals surface area contributed by atoms with Crippen LogP contribution in [0.1, 0.15) is 36.2 Å². The van der Waals surface area contributed by atoms with Crippen LogP contribution in [0.2, 0.25) is 0 Å². The van der Waals surface area contributed by atoms with Crippen molar-refractivity contribution in [2.75, 3.05) is 0 Å². The molecule has 2 aromatic rings. The molecule has 1 aromatic carbocycles. The summed E-state index contributed by atoms with van der Waals surface area (Å²) in [6.07, 6.45) is 5.04. The van der Waals surface area contributed by atoms with Gasteiger partial charge in [0, 0.05) is 11.9 Å². The van der Waals surface area contributed by atoms with Crippen molar-refractivity contribution in [3.8, 4) is 0 Å². The first-order chi connectivity index (χ1) is 8.75. The third-order valence-corrected chi connectivity index (χ3v) is 3.77. The number of carboxylic acid groups (broad SMARTS) is 1. The molecule has 0 unspecified atom stereocenters. The molecule has 0 saturated heterocycles. The van der Waals surface area contributed by atoms with Gasteiger partial charge in [0.15, 0.2) is 5.69 Å². The van der Waals surface area contributed by atoms with Crippen LogP contribution >= 0.6 is 0 Å². The lowest BCUT2D eigenvalue weighted by Crippen LogP contribution is -2.09. The van der Waals surface area contributed by atoms with Crippen molar-refractivity contribution in [3.63, 3.8) is 0 Å². The number of carbonyl (C=O) groups is 1. The largest absolute Gasteiger partial charge is 0.476 e. The molecule has 1 fully saturated rings. The lowest BCUT2D eigenvalue weighted by molar-refractivity contribution is 0.0691. The molecule has 0 spiro atoms. The van der Waals surface area contributed by atoms with Crippen molar-refractivity contribution in [3.05, 3.63) is 30.0 Å². The highest BCUT2D eigenvalue weighted by Gasteiger charge is 2.20. The highest BCUT2D eigenvalue weighted by Crippen LogP contribution is 2.28. The fourth-order valence-corrected chi connectivity index (χ4v) is 2.86. The average molecular weight is 244 g/mol. The molecule has 1 aliphatic rings. The van der Waals surface area contributed by atoms with Crippen molar-refractivity contribution in [1.29, 1.82) is 0 Å². The van der Waals surface area contributed by atoms with E-state index >= 15 is 0 Å². The van der Waals surface area contributed by atoms with Crippen LogP contribution < -0.4 is 0 Å². The van der Waals surface area contributed by atoms with E-state index in [0.29, 0.717) is 5.92 Å². The van der Waals surface area contributed by atoms with E-state index in [2.05, 4.69) is 5.10 Å². The molecule has 0 aliphatic heterocycles. The number of aromatic nitrogens is 2. The van der Waals surface area contributed by atoms with Crippen molar-refractivity contribution in [2.24, 2.45) is 5.92 Å². The number of benzene rings is 1. The number of hydrogen-bond acceptors (Lipinski definition) is 2. The van der Waals surface area contributed by atoms with Gasteiger partial charge in [-0.2, -0.15) is 5.10 Å². The van der Waals surface area contributed by atoms with Crippen LogP contribution in [-0.4, -0.2) is 20.9 Å². The van der Waals surface area contributed by atoms with Crippen LogP contribution in [0.5, 0.6) is 0 Å². The molecular formula is C14H16N2O2. The topological polar surface area (TPSA) is 55.1 Å². The third kappa shape index (κ3) is 1.88. The van der Waals surface area contributed by atoms with Crippen LogP contribution in [0.3, 0.4) is 0 Å². The predicted octanol–water partition coefficient (Wildman–Crippen LogP) is 2.92. The summed E-state index contributed by atoms with van der Waals surface area (Å²) >= 11 is 0. The van der Waals surface area contributed by atoms with Gasteiger partial charge in [0.25, 0.3) is 0 Å². The maximum Gasteiger partial charge on any atom is 0.357 e. The van der Waals surface area contributed by atoms with Gasteiger partial charge in [0.05, 0.1) is 5.52 Å². The van der Waals surface area contributed by atoms with E-state index in [1.54, 1.807) is 0 Å². The van der Waals surface area contributed by atoms with E-state index in [4.69, 9.17) is 0 Å². The number of aromatic carboxylic acids is 1. The summed E-state index contributed by atoms with van der Waals surface area (Å²) in [7, 11) is 0. The lowest BCUT2D eigenvalue weighted by atomic mass is 10.1. The highest BCUT2D eigenvalue weighted by molar-refractivity contribution is 6.01. The van der Waals surface area contributed by atoms with E-state index in [1.807, 2.05) is 28.9 Å². The van der Waals surface area contributed by atoms with Crippen LogP contribution in [0.25, 0.3) is 10.9 Å². The summed E-state index contributed by atoms with van der Waals surface area (Å²) in [6.45, 7) is 0.841. The minimum Gasteiger partial charge on any atom is -0.476 e. The minimum atomic E-state index is -0.948. The van der Waals surface area contributed by atoms with Gasteiger partial charge >= 0.3 is 5.97 Å². The molecule has 1 saturated carbocycles. The molecule has 94 valence electrons. The summed E-state index contributed by atoms with van der Waals surface area (Å²) in [5, 5.41) is 14.2. The summed E-state index contributed by atoms with van der Waals surface area (Å²) in [6, 6.07) is 7.57. The Morgan fingerprint density at radius 1 is 1.33 bits per heavy atom. The van der Waals surface area contributed by atoms with Gasteiger partial charge in [-0.3, -0.25) is 4.68 Å². The zero-order valence-electron chi connectivity index (χ0n) is 10.2. The Hall–Kier alpha value is -1.84. The molecule has 0 amide bonds. The third-order valence-electron chi connectivity index (χ3n) is 3.77. The standard InChI is InChI=1S/C14H16N2O2/c17-14(18)13-11-7-3-4-8-12(11)16(15-13)9-10-5-1-2-6-10/h3-4,7-8,10H,1-2,5-6,9H2,(H,17,18). The van der Waals surface area contributed by atoms with E-state index in [0.717, 1.165) is 17.4 Å². The Labute approximate surface area is 105 Å². The van der Waals surface area contributed by atoms with Crippen molar-refractivity contribution in [1.82, 2.24) is 9.78 Å². The first-order valence-electron chi connectivity index (χ1n) is 6.44. The second-order valence-electron chi connectivity index (χ2n) is 5.00. The fourth-order valence-electron chi connectivity index (χ4n) is 2.86. The van der Waals surface area contributed by atoms with Gasteiger partial charge in [-0.1, -0.05) is 31.0 Å². The maximum absolute atomic E-state index is 11.2. The van der Waals surface area contributed by atoms with Crippen LogP contribution in [-0.2, 0) is 6.54 Å². The molecule has 1 heterocycles. The highest BCUT2D eigenvalue weighted by atomic mass is 16.4. The molecule has 1 N–H and O–H groups in total. The van der Waals surface area contributed by atoms with Crippen LogP contribution in [0.4, 0.5) is 0 Å². The van der Waals surface area contributed by atoms with Crippen LogP contribution in [0, 0.1) is 5.92 Å². The SMILES string of the molecule is O=C(O)c1nn(CC2CCCC2)c2ccccc12. The number of para-hydroxylation sites is 1. The fraction of sp³-hybridized carbons (Fsp3) is 0.429. The van der Waals surface area contributed by atoms with Gasteiger partial charge in [-0.05, 0) is 24.8 Å². The Morgan fingerprint density at radius 3 is 2.78 bits per heavy atom. The van der Waals surface area contributed by atoms with E-state index in [1.165, 1.54) is 25.7 Å². The van der Waals surface area contributed by atoms with E-state index < -0.39 is 5.97 Å². The zero-order valence-corrected chi connectivity index (χ0v) is 10.2. The number of rotatable bonds is 3. The predicted molar refractivity (Wildman–Crippen MR) is 68.7 cm³/mol. The minimum absolute atomic E-state index is 0.170. The van der Waals surface area contributed by atoms with E-state index in [-0.39, 0.29) is 5.69 Å². The quantitative estimate of drug-likeness (QED) is 0.903. The van der Waals surface area contributed by atoms with Crippen molar-refractivity contribution < 1.29 is 9.90 Å². The zero-order chi connectivity index (χ0) is 12.5. The number of fused-ring (bicyclic) bond motifs is 1. The van der Waals surface area contributed by atoms with Gasteiger partial charge in [-0.15, -0.1) is 0 Å². The molecule has 4 heteroatoms. The van der Waals surface area contributed by atoms with Crippen molar-refractivity contribution >= 4 is 16.9 Å². The smallest absolute Gasteiger partial charge is 0.357 e. The lowest BCUT2D eigenvalue weighted by Gasteiger charge is -2.09. The van der Waals surface area contributed by atoms with Crippen LogP contribution in [0.15, 0.2) is 24.3 Å². The van der Waals surface area contributed by atoms with Gasteiger partial charge in [-0.25, -0.2) is 4.79 Å². The molecule has 18 heavy (non-hydrogen) atoms. The molecule has 1 aromatic heterocycles. The Kier molecular flexibility index (Phi) is 2.78. The summed E-state index contributed by atoms with van der Waals surface area (Å²) in [4.78, 5) is 11.2. The summed E-state index contributed by atoms with van der Waals surface area (Å²) in [5.74, 6) is -0.300. The molecular weight excluding hydrogens is 228 g/mol. The molecule has 3 rings (SSSR count). The first kappa shape index (κ1) is 11.3. The number of nitrogens with zero attached hydrogens (tertiary/aromatic N) is 2. The monoisotopic (exact) mass is 244 g/mol. The number of carboxylic acids is 1. The first-order valence-corrected chi connectivity index (χ1v) is 6.44. The normalized spacial score (nSPS) is 16.4. The molecule has 0 radical (unpaired) electrons. The van der Waals surface area contributed by atoms with Gasteiger partial charge < -0.3 is 5.11 Å². The van der Waals surface area contributed by atoms with Gasteiger partial charge in [0.1, 0.15) is 0 Å². The average Bonchev–Trinajstić information content (AvgIpc) is 2.98. The maximum atomic E-state index is 11.2. The summed E-state index contributed by atoms with van der Waals surface area (Å²) in [5.41, 5.74) is 1.10. The Morgan fingerprint density at radius 2 is 2.06 bits per heavy atom. The van der Waals surface area contributed by atoms with E-state index in [9.17, 15) is 9.90 Å². The second-order valence-corrected chi connectivity index (χ2v) is 5.00. The van der Waals surface area contributed by atoms with Gasteiger partial charge in [0.2, 0.25) is 0 Å². The Balaban J connectivity index is 2.02. The Bertz CT molecular complexity index is 582. The number of hydrogen-bond donors (Lipinski definition) is 1.